The largest absolute Gasteiger partial charge is 0.507 e. The first-order chi connectivity index (χ1) is 15.3. The molecule has 1 unspecified atom stereocenters. The average Bonchev–Trinajstić information content (AvgIpc) is 3.06. The number of hydrogen-bond acceptors (Lipinski definition) is 6. The fourth-order valence-electron chi connectivity index (χ4n) is 3.64. The number of phenols is 1. The number of aliphatic hydroxyl groups excluding tert-OH is 1. The van der Waals surface area contributed by atoms with Crippen molar-refractivity contribution < 1.29 is 28.9 Å². The van der Waals surface area contributed by atoms with Gasteiger partial charge in [-0.1, -0.05) is 11.6 Å². The Hall–Kier alpha value is -3.91. The first-order valence-corrected chi connectivity index (χ1v) is 9.74. The number of hydrogen-bond donors (Lipinski definition) is 2. The summed E-state index contributed by atoms with van der Waals surface area (Å²) in [6.07, 6.45) is 2.91. The number of aromatic hydroxyl groups is 1. The van der Waals surface area contributed by atoms with Crippen LogP contribution >= 0.6 is 11.6 Å². The van der Waals surface area contributed by atoms with Gasteiger partial charge in [0, 0.05) is 17.4 Å². The SMILES string of the molecule is COc1ccc(F)cc1/C(O)=C1\C(=O)C(=O)N(c2cc(Cl)ccc2O)C1c1ccncc1. The fraction of sp³-hybridized carbons (Fsp3) is 0.0870. The number of pyridine rings is 1. The lowest BCUT2D eigenvalue weighted by molar-refractivity contribution is -0.132. The second-order valence-electron chi connectivity index (χ2n) is 6.93. The molecule has 0 radical (unpaired) electrons. The minimum atomic E-state index is -1.14. The highest BCUT2D eigenvalue weighted by Gasteiger charge is 2.48. The molecule has 162 valence electrons. The molecule has 2 heterocycles. The van der Waals surface area contributed by atoms with Crippen molar-refractivity contribution in [2.75, 3.05) is 12.0 Å². The molecule has 32 heavy (non-hydrogen) atoms. The molecule has 1 amide bonds. The van der Waals surface area contributed by atoms with Gasteiger partial charge in [-0.25, -0.2) is 4.39 Å². The second-order valence-corrected chi connectivity index (χ2v) is 7.36. The summed E-state index contributed by atoms with van der Waals surface area (Å²) < 4.78 is 19.1. The third kappa shape index (κ3) is 3.54. The maximum Gasteiger partial charge on any atom is 0.300 e. The van der Waals surface area contributed by atoms with E-state index >= 15 is 0 Å². The van der Waals surface area contributed by atoms with E-state index in [1.807, 2.05) is 0 Å². The fourth-order valence-corrected chi connectivity index (χ4v) is 3.81. The van der Waals surface area contributed by atoms with Gasteiger partial charge in [0.1, 0.15) is 23.1 Å². The predicted molar refractivity (Wildman–Crippen MR) is 115 cm³/mol. The van der Waals surface area contributed by atoms with Crippen LogP contribution in [0, 0.1) is 5.82 Å². The highest BCUT2D eigenvalue weighted by atomic mass is 35.5. The zero-order chi connectivity index (χ0) is 23.0. The van der Waals surface area contributed by atoms with E-state index in [0.717, 1.165) is 17.0 Å². The van der Waals surface area contributed by atoms with E-state index in [0.29, 0.717) is 5.56 Å². The second kappa shape index (κ2) is 8.32. The third-order valence-electron chi connectivity index (χ3n) is 5.08. The van der Waals surface area contributed by atoms with Gasteiger partial charge in [0.2, 0.25) is 0 Å². The van der Waals surface area contributed by atoms with Gasteiger partial charge < -0.3 is 14.9 Å². The number of Topliss-reactive ketones (excluding diaryl/α,β-unsaturated/α-hetero) is 1. The summed E-state index contributed by atoms with van der Waals surface area (Å²) in [5.74, 6) is -3.50. The number of anilines is 1. The molecule has 0 spiro atoms. The zero-order valence-corrected chi connectivity index (χ0v) is 17.4. The Balaban J connectivity index is 2.01. The minimum absolute atomic E-state index is 0.0216. The molecule has 9 heteroatoms. The van der Waals surface area contributed by atoms with Crippen molar-refractivity contribution in [3.8, 4) is 11.5 Å². The van der Waals surface area contributed by atoms with E-state index in [2.05, 4.69) is 4.98 Å². The molecule has 1 aliphatic heterocycles. The number of carbonyl (C=O) groups is 2. The molecule has 0 bridgehead atoms. The van der Waals surface area contributed by atoms with Gasteiger partial charge in [0.05, 0.1) is 30.0 Å². The van der Waals surface area contributed by atoms with E-state index < -0.39 is 29.3 Å². The number of nitrogens with zero attached hydrogens (tertiary/aromatic N) is 2. The van der Waals surface area contributed by atoms with Crippen LogP contribution in [0.25, 0.3) is 5.76 Å². The Morgan fingerprint density at radius 3 is 2.53 bits per heavy atom. The summed E-state index contributed by atoms with van der Waals surface area (Å²) in [6.45, 7) is 0. The van der Waals surface area contributed by atoms with Crippen LogP contribution in [-0.2, 0) is 9.59 Å². The molecule has 1 atom stereocenters. The smallest absolute Gasteiger partial charge is 0.300 e. The van der Waals surface area contributed by atoms with Crippen molar-refractivity contribution in [3.05, 3.63) is 88.5 Å². The highest BCUT2D eigenvalue weighted by molar-refractivity contribution is 6.52. The molecule has 1 aliphatic rings. The van der Waals surface area contributed by atoms with Gasteiger partial charge in [-0.05, 0) is 54.1 Å². The highest BCUT2D eigenvalue weighted by Crippen LogP contribution is 2.46. The molecule has 0 aliphatic carbocycles. The van der Waals surface area contributed by atoms with Crippen LogP contribution in [-0.4, -0.2) is 34.0 Å². The van der Waals surface area contributed by atoms with E-state index in [9.17, 15) is 24.2 Å². The van der Waals surface area contributed by atoms with Crippen molar-refractivity contribution in [1.82, 2.24) is 4.98 Å². The Bertz CT molecular complexity index is 1260. The van der Waals surface area contributed by atoms with Crippen molar-refractivity contribution in [2.45, 2.75) is 6.04 Å². The lowest BCUT2D eigenvalue weighted by atomic mass is 9.95. The summed E-state index contributed by atoms with van der Waals surface area (Å²) in [7, 11) is 1.33. The van der Waals surface area contributed by atoms with Crippen molar-refractivity contribution in [3.63, 3.8) is 0 Å². The number of ketones is 1. The number of carbonyl (C=O) groups excluding carboxylic acids is 2. The zero-order valence-electron chi connectivity index (χ0n) is 16.6. The van der Waals surface area contributed by atoms with Crippen LogP contribution in [0.5, 0.6) is 11.5 Å². The molecule has 1 saturated heterocycles. The molecule has 1 fully saturated rings. The van der Waals surface area contributed by atoms with Crippen LogP contribution in [0.1, 0.15) is 17.2 Å². The summed E-state index contributed by atoms with van der Waals surface area (Å²) in [5.41, 5.74) is 0.00603. The molecular formula is C23H16ClFN2O5. The van der Waals surface area contributed by atoms with Gasteiger partial charge in [-0.2, -0.15) is 0 Å². The molecule has 0 saturated carbocycles. The first-order valence-electron chi connectivity index (χ1n) is 9.37. The first kappa shape index (κ1) is 21.3. The van der Waals surface area contributed by atoms with Gasteiger partial charge >= 0.3 is 0 Å². The number of aliphatic hydroxyl groups is 1. The number of amides is 1. The number of ether oxygens (including phenoxy) is 1. The van der Waals surface area contributed by atoms with Crippen molar-refractivity contribution in [2.24, 2.45) is 0 Å². The quantitative estimate of drug-likeness (QED) is 0.348. The number of methoxy groups -OCH3 is 1. The number of halogens is 2. The number of phenolic OH excluding ortho intramolecular Hbond substituents is 1. The summed E-state index contributed by atoms with van der Waals surface area (Å²) in [5, 5.41) is 21.7. The lowest BCUT2D eigenvalue weighted by Crippen LogP contribution is -2.29. The van der Waals surface area contributed by atoms with Crippen LogP contribution < -0.4 is 9.64 Å². The Morgan fingerprint density at radius 1 is 1.12 bits per heavy atom. The Morgan fingerprint density at radius 2 is 1.84 bits per heavy atom. The van der Waals surface area contributed by atoms with Gasteiger partial charge in [0.15, 0.2) is 0 Å². The topological polar surface area (TPSA) is 100.0 Å². The standard InChI is InChI=1S/C23H16ClFN2O5/c1-32-18-5-3-14(25)11-15(18)21(29)19-20(12-6-8-26-9-7-12)27(23(31)22(19)30)16-10-13(24)2-4-17(16)28/h2-11,20,28-29H,1H3/b21-19+. The normalized spacial score (nSPS) is 17.6. The van der Waals surface area contributed by atoms with E-state index in [1.54, 1.807) is 12.1 Å². The van der Waals surface area contributed by atoms with Crippen LogP contribution in [0.15, 0.2) is 66.5 Å². The predicted octanol–water partition coefficient (Wildman–Crippen LogP) is 4.21. The molecule has 4 rings (SSSR count). The van der Waals surface area contributed by atoms with Crippen LogP contribution in [0.2, 0.25) is 5.02 Å². The molecule has 7 nitrogen and oxygen atoms in total. The summed E-state index contributed by atoms with van der Waals surface area (Å²) in [6, 6.07) is 9.45. The maximum atomic E-state index is 14.0. The molecule has 1 aromatic heterocycles. The average molecular weight is 455 g/mol. The maximum absolute atomic E-state index is 14.0. The molecule has 3 aromatic rings. The Labute approximate surface area is 187 Å². The van der Waals surface area contributed by atoms with Crippen molar-refractivity contribution >= 4 is 34.7 Å². The van der Waals surface area contributed by atoms with E-state index in [1.165, 1.54) is 43.8 Å². The van der Waals surface area contributed by atoms with Gasteiger partial charge in [-0.15, -0.1) is 0 Å². The number of aromatic nitrogens is 1. The monoisotopic (exact) mass is 454 g/mol. The number of benzene rings is 2. The van der Waals surface area contributed by atoms with Gasteiger partial charge in [-0.3, -0.25) is 19.5 Å². The minimum Gasteiger partial charge on any atom is -0.507 e. The van der Waals surface area contributed by atoms with E-state index in [-0.39, 0.29) is 33.3 Å². The third-order valence-corrected chi connectivity index (χ3v) is 5.32. The van der Waals surface area contributed by atoms with E-state index in [4.69, 9.17) is 16.3 Å². The molecular weight excluding hydrogens is 439 g/mol. The van der Waals surface area contributed by atoms with Crippen LogP contribution in [0.4, 0.5) is 10.1 Å². The summed E-state index contributed by atoms with van der Waals surface area (Å²) >= 11 is 6.06. The van der Waals surface area contributed by atoms with Crippen molar-refractivity contribution in [1.29, 1.82) is 0 Å². The lowest BCUT2D eigenvalue weighted by Gasteiger charge is -2.26. The summed E-state index contributed by atoms with van der Waals surface area (Å²) in [4.78, 5) is 31.2. The number of rotatable bonds is 4. The molecule has 2 N–H and O–H groups in total. The Kier molecular flexibility index (Phi) is 5.54. The molecule has 2 aromatic carbocycles. The van der Waals surface area contributed by atoms with Gasteiger partial charge in [0.25, 0.3) is 11.7 Å². The van der Waals surface area contributed by atoms with Crippen LogP contribution in [0.3, 0.4) is 0 Å².